The number of aliphatic hydroxyl groups is 1. The van der Waals surface area contributed by atoms with Crippen molar-refractivity contribution >= 4 is 22.9 Å². The van der Waals surface area contributed by atoms with Gasteiger partial charge in [0.15, 0.2) is 0 Å². The van der Waals surface area contributed by atoms with Gasteiger partial charge in [-0.25, -0.2) is 0 Å². The van der Waals surface area contributed by atoms with E-state index in [1.54, 1.807) is 11.4 Å². The molecule has 0 aromatic carbocycles. The third-order valence-electron chi connectivity index (χ3n) is 4.09. The predicted octanol–water partition coefficient (Wildman–Crippen LogP) is 2.39. The molecule has 5 heteroatoms. The Balaban J connectivity index is 1.85. The first-order valence-corrected chi connectivity index (χ1v) is 7.75. The molecule has 1 aliphatic carbocycles. The van der Waals surface area contributed by atoms with Gasteiger partial charge in [0.2, 0.25) is 0 Å². The fourth-order valence-corrected chi connectivity index (χ4v) is 3.36. The van der Waals surface area contributed by atoms with Crippen molar-refractivity contribution in [3.8, 4) is 0 Å². The SMILES string of the molecule is CCC1CCC(O)(CNC(=O)c2sccc2N)CC1. The van der Waals surface area contributed by atoms with Crippen LogP contribution in [0.1, 0.15) is 48.7 Å². The van der Waals surface area contributed by atoms with Crippen LogP contribution in [0.2, 0.25) is 0 Å². The van der Waals surface area contributed by atoms with Gasteiger partial charge in [0.1, 0.15) is 4.88 Å². The number of rotatable bonds is 4. The second-order valence-corrected chi connectivity index (χ2v) is 6.38. The van der Waals surface area contributed by atoms with Crippen LogP contribution >= 0.6 is 11.3 Å². The molecule has 0 saturated heterocycles. The van der Waals surface area contributed by atoms with Gasteiger partial charge < -0.3 is 16.2 Å². The highest BCUT2D eigenvalue weighted by Gasteiger charge is 2.33. The molecule has 1 amide bonds. The number of carbonyl (C=O) groups is 1. The Bertz CT molecular complexity index is 436. The van der Waals surface area contributed by atoms with E-state index in [-0.39, 0.29) is 5.91 Å². The van der Waals surface area contributed by atoms with Crippen LogP contribution in [0.3, 0.4) is 0 Å². The molecule has 0 bridgehead atoms. The van der Waals surface area contributed by atoms with Crippen LogP contribution in [0.4, 0.5) is 5.69 Å². The van der Waals surface area contributed by atoms with Crippen molar-refractivity contribution < 1.29 is 9.90 Å². The standard InChI is InChI=1S/C14H22N2O2S/c1-2-10-3-6-14(18,7-4-10)9-16-13(17)12-11(15)5-8-19-12/h5,8,10,18H,2-4,6-7,9,15H2,1H3,(H,16,17). The minimum absolute atomic E-state index is 0.182. The van der Waals surface area contributed by atoms with Crippen LogP contribution in [0, 0.1) is 5.92 Å². The van der Waals surface area contributed by atoms with E-state index < -0.39 is 5.60 Å². The number of hydrogen-bond acceptors (Lipinski definition) is 4. The van der Waals surface area contributed by atoms with Gasteiger partial charge in [-0.15, -0.1) is 11.3 Å². The zero-order chi connectivity index (χ0) is 13.9. The molecule has 0 aliphatic heterocycles. The molecule has 1 aromatic heterocycles. The Morgan fingerprint density at radius 2 is 2.26 bits per heavy atom. The van der Waals surface area contributed by atoms with Gasteiger partial charge in [0, 0.05) is 6.54 Å². The normalized spacial score (nSPS) is 27.2. The summed E-state index contributed by atoms with van der Waals surface area (Å²) in [6.45, 7) is 2.51. The summed E-state index contributed by atoms with van der Waals surface area (Å²) in [5.74, 6) is 0.544. The van der Waals surface area contributed by atoms with Crippen LogP contribution < -0.4 is 11.1 Å². The molecule has 1 aromatic rings. The van der Waals surface area contributed by atoms with Gasteiger partial charge in [-0.3, -0.25) is 4.79 Å². The Morgan fingerprint density at radius 3 is 2.79 bits per heavy atom. The smallest absolute Gasteiger partial charge is 0.263 e. The molecule has 1 aliphatic rings. The topological polar surface area (TPSA) is 75.3 Å². The number of hydrogen-bond donors (Lipinski definition) is 3. The number of nitrogens with two attached hydrogens (primary N) is 1. The van der Waals surface area contributed by atoms with Gasteiger partial charge in [-0.1, -0.05) is 13.3 Å². The van der Waals surface area contributed by atoms with Crippen molar-refractivity contribution in [2.75, 3.05) is 12.3 Å². The maximum absolute atomic E-state index is 11.9. The van der Waals surface area contributed by atoms with Crippen molar-refractivity contribution in [3.63, 3.8) is 0 Å². The Labute approximate surface area is 118 Å². The largest absolute Gasteiger partial charge is 0.397 e. The van der Waals surface area contributed by atoms with Gasteiger partial charge in [-0.2, -0.15) is 0 Å². The molecule has 0 radical (unpaired) electrons. The van der Waals surface area contributed by atoms with E-state index in [0.29, 0.717) is 17.1 Å². The fraction of sp³-hybridized carbons (Fsp3) is 0.643. The maximum atomic E-state index is 11.9. The first-order valence-electron chi connectivity index (χ1n) is 6.87. The molecule has 0 unspecified atom stereocenters. The van der Waals surface area contributed by atoms with Crippen molar-refractivity contribution in [1.29, 1.82) is 0 Å². The van der Waals surface area contributed by atoms with Crippen LogP contribution in [0.5, 0.6) is 0 Å². The molecule has 1 saturated carbocycles. The average Bonchev–Trinajstić information content (AvgIpc) is 2.83. The molecule has 0 spiro atoms. The number of nitrogen functional groups attached to an aromatic ring is 1. The summed E-state index contributed by atoms with van der Waals surface area (Å²) in [5.41, 5.74) is 5.47. The van der Waals surface area contributed by atoms with E-state index in [2.05, 4.69) is 12.2 Å². The lowest BCUT2D eigenvalue weighted by Crippen LogP contribution is -2.45. The minimum atomic E-state index is -0.743. The number of thiophene rings is 1. The van der Waals surface area contributed by atoms with Gasteiger partial charge in [-0.05, 0) is 43.0 Å². The van der Waals surface area contributed by atoms with Gasteiger partial charge in [0.25, 0.3) is 5.91 Å². The average molecular weight is 282 g/mol. The van der Waals surface area contributed by atoms with E-state index in [1.807, 2.05) is 0 Å². The van der Waals surface area contributed by atoms with Gasteiger partial charge in [0.05, 0.1) is 11.3 Å². The molecule has 4 nitrogen and oxygen atoms in total. The molecule has 19 heavy (non-hydrogen) atoms. The van der Waals surface area contributed by atoms with Crippen LogP contribution in [0.25, 0.3) is 0 Å². The quantitative estimate of drug-likeness (QED) is 0.793. The third kappa shape index (κ3) is 3.48. The van der Waals surface area contributed by atoms with Crippen LogP contribution in [-0.4, -0.2) is 23.2 Å². The lowest BCUT2D eigenvalue weighted by molar-refractivity contribution is -0.00783. The van der Waals surface area contributed by atoms with Gasteiger partial charge >= 0.3 is 0 Å². The third-order valence-corrected chi connectivity index (χ3v) is 5.02. The molecular weight excluding hydrogens is 260 g/mol. The molecule has 0 atom stereocenters. The Kier molecular flexibility index (Phi) is 4.47. The van der Waals surface area contributed by atoms with Crippen LogP contribution in [0.15, 0.2) is 11.4 Å². The summed E-state index contributed by atoms with van der Waals surface area (Å²) >= 11 is 1.33. The summed E-state index contributed by atoms with van der Waals surface area (Å²) in [5, 5.41) is 15.1. The first kappa shape index (κ1) is 14.3. The Hall–Kier alpha value is -1.07. The molecule has 106 valence electrons. The molecule has 1 fully saturated rings. The molecule has 2 rings (SSSR count). The van der Waals surface area contributed by atoms with E-state index in [0.717, 1.165) is 31.6 Å². The molecular formula is C14H22N2O2S. The summed E-state index contributed by atoms with van der Waals surface area (Å²) in [6.07, 6.45) is 4.81. The number of anilines is 1. The molecule has 1 heterocycles. The maximum Gasteiger partial charge on any atom is 0.263 e. The van der Waals surface area contributed by atoms with Crippen molar-refractivity contribution in [3.05, 3.63) is 16.3 Å². The highest BCUT2D eigenvalue weighted by Crippen LogP contribution is 2.33. The monoisotopic (exact) mass is 282 g/mol. The summed E-state index contributed by atoms with van der Waals surface area (Å²) in [4.78, 5) is 12.5. The van der Waals surface area contributed by atoms with Crippen LogP contribution in [-0.2, 0) is 0 Å². The lowest BCUT2D eigenvalue weighted by atomic mass is 9.78. The number of nitrogens with one attached hydrogen (secondary N) is 1. The van der Waals surface area contributed by atoms with Crippen molar-refractivity contribution in [2.24, 2.45) is 5.92 Å². The highest BCUT2D eigenvalue weighted by molar-refractivity contribution is 7.12. The molecule has 4 N–H and O–H groups in total. The first-order chi connectivity index (χ1) is 9.04. The van der Waals surface area contributed by atoms with Crippen molar-refractivity contribution in [1.82, 2.24) is 5.32 Å². The summed E-state index contributed by atoms with van der Waals surface area (Å²) < 4.78 is 0. The fourth-order valence-electron chi connectivity index (χ4n) is 2.63. The van der Waals surface area contributed by atoms with Crippen molar-refractivity contribution in [2.45, 2.75) is 44.6 Å². The second kappa shape index (κ2) is 5.92. The minimum Gasteiger partial charge on any atom is -0.397 e. The zero-order valence-corrected chi connectivity index (χ0v) is 12.1. The summed E-state index contributed by atoms with van der Waals surface area (Å²) in [7, 11) is 0. The lowest BCUT2D eigenvalue weighted by Gasteiger charge is -2.35. The second-order valence-electron chi connectivity index (χ2n) is 5.46. The number of amides is 1. The highest BCUT2D eigenvalue weighted by atomic mass is 32.1. The predicted molar refractivity (Wildman–Crippen MR) is 78.3 cm³/mol. The summed E-state index contributed by atoms with van der Waals surface area (Å²) in [6, 6.07) is 1.72. The zero-order valence-electron chi connectivity index (χ0n) is 11.3. The number of carbonyl (C=O) groups excluding carboxylic acids is 1. The van der Waals surface area contributed by atoms with E-state index in [1.165, 1.54) is 17.8 Å². The van der Waals surface area contributed by atoms with E-state index in [9.17, 15) is 9.90 Å². The van der Waals surface area contributed by atoms with E-state index in [4.69, 9.17) is 5.73 Å². The van der Waals surface area contributed by atoms with E-state index >= 15 is 0 Å². The Morgan fingerprint density at radius 1 is 1.58 bits per heavy atom.